The van der Waals surface area contributed by atoms with Gasteiger partial charge in [-0.15, -0.1) is 13.2 Å². The number of carboxylic acid groups (broad SMARTS) is 1. The molecule has 112 valence electrons. The van der Waals surface area contributed by atoms with E-state index in [0.717, 1.165) is 0 Å². The fraction of sp³-hybridized carbons (Fsp3) is 0.400. The van der Waals surface area contributed by atoms with Gasteiger partial charge in [-0.1, -0.05) is 15.9 Å². The summed E-state index contributed by atoms with van der Waals surface area (Å²) in [6.07, 6.45) is -9.03. The molecule has 0 bridgehead atoms. The molecule has 10 heteroatoms. The molecule has 0 aromatic carbocycles. The largest absolute Gasteiger partial charge is 0.573 e. The van der Waals surface area contributed by atoms with Gasteiger partial charge in [0, 0.05) is 5.33 Å². The number of nitrogens with zero attached hydrogens (tertiary/aromatic N) is 1. The smallest absolute Gasteiger partial charge is 0.481 e. The Hall–Kier alpha value is -1.45. The first-order valence-electron chi connectivity index (χ1n) is 4.98. The van der Waals surface area contributed by atoms with Crippen molar-refractivity contribution in [3.63, 3.8) is 0 Å². The first kappa shape index (κ1) is 16.6. The fourth-order valence-corrected chi connectivity index (χ4v) is 1.79. The van der Waals surface area contributed by atoms with E-state index in [2.05, 4.69) is 25.7 Å². The van der Waals surface area contributed by atoms with Crippen LogP contribution in [0.2, 0.25) is 0 Å². The zero-order valence-electron chi connectivity index (χ0n) is 9.55. The van der Waals surface area contributed by atoms with Crippen molar-refractivity contribution < 1.29 is 36.6 Å². The highest BCUT2D eigenvalue weighted by Crippen LogP contribution is 2.32. The van der Waals surface area contributed by atoms with E-state index in [-0.39, 0.29) is 5.33 Å². The molecule has 0 saturated heterocycles. The van der Waals surface area contributed by atoms with Crippen LogP contribution in [0.3, 0.4) is 0 Å². The van der Waals surface area contributed by atoms with Crippen molar-refractivity contribution in [1.29, 1.82) is 0 Å². The predicted octanol–water partition coefficient (Wildman–Crippen LogP) is 3.44. The standard InChI is InChI=1S/C10H7BrF5NO3/c11-3-5-6(20-10(14,15)16)1-4(2-7(18)19)8(17-5)9(12)13/h1,9H,2-3H2,(H,18,19). The van der Waals surface area contributed by atoms with Crippen molar-refractivity contribution in [1.82, 2.24) is 4.98 Å². The first-order chi connectivity index (χ1) is 9.14. The molecule has 0 fully saturated rings. The SMILES string of the molecule is O=C(O)Cc1cc(OC(F)(F)F)c(CBr)nc1C(F)F. The van der Waals surface area contributed by atoms with Crippen LogP contribution in [0.15, 0.2) is 6.07 Å². The molecule has 1 aromatic rings. The second-order valence-corrected chi connectivity index (χ2v) is 4.09. The molecule has 0 saturated carbocycles. The van der Waals surface area contributed by atoms with E-state index >= 15 is 0 Å². The topological polar surface area (TPSA) is 59.4 Å². The molecule has 0 aliphatic heterocycles. The van der Waals surface area contributed by atoms with Gasteiger partial charge in [-0.25, -0.2) is 13.8 Å². The summed E-state index contributed by atoms with van der Waals surface area (Å²) in [7, 11) is 0. The highest BCUT2D eigenvalue weighted by Gasteiger charge is 2.33. The number of aliphatic carboxylic acids is 1. The number of hydrogen-bond acceptors (Lipinski definition) is 3. The maximum absolute atomic E-state index is 12.7. The van der Waals surface area contributed by atoms with Crippen molar-refractivity contribution in [2.75, 3.05) is 0 Å². The van der Waals surface area contributed by atoms with Crippen LogP contribution in [-0.4, -0.2) is 22.4 Å². The highest BCUT2D eigenvalue weighted by atomic mass is 79.9. The summed E-state index contributed by atoms with van der Waals surface area (Å²) in [5.41, 5.74) is -1.81. The van der Waals surface area contributed by atoms with E-state index in [1.165, 1.54) is 0 Å². The summed E-state index contributed by atoms with van der Waals surface area (Å²) >= 11 is 2.80. The molecule has 0 spiro atoms. The molecule has 1 heterocycles. The second kappa shape index (κ2) is 6.33. The Bertz CT molecular complexity index is 506. The number of aromatic nitrogens is 1. The van der Waals surface area contributed by atoms with Gasteiger partial charge in [0.15, 0.2) is 5.75 Å². The van der Waals surface area contributed by atoms with E-state index in [0.29, 0.717) is 6.07 Å². The van der Waals surface area contributed by atoms with Crippen LogP contribution < -0.4 is 4.74 Å². The van der Waals surface area contributed by atoms with Crippen LogP contribution in [-0.2, 0) is 16.5 Å². The lowest BCUT2D eigenvalue weighted by Crippen LogP contribution is -2.19. The average Bonchev–Trinajstić information content (AvgIpc) is 2.25. The van der Waals surface area contributed by atoms with Gasteiger partial charge in [0.1, 0.15) is 5.69 Å². The van der Waals surface area contributed by atoms with E-state index < -0.39 is 47.9 Å². The van der Waals surface area contributed by atoms with Gasteiger partial charge >= 0.3 is 12.3 Å². The van der Waals surface area contributed by atoms with Gasteiger partial charge in [0.05, 0.1) is 12.1 Å². The highest BCUT2D eigenvalue weighted by molar-refractivity contribution is 9.08. The van der Waals surface area contributed by atoms with Gasteiger partial charge in [-0.05, 0) is 11.6 Å². The number of carboxylic acids is 1. The summed E-state index contributed by atoms with van der Waals surface area (Å²) < 4.78 is 65.7. The summed E-state index contributed by atoms with van der Waals surface area (Å²) in [5, 5.41) is 8.32. The zero-order valence-corrected chi connectivity index (χ0v) is 11.1. The maximum Gasteiger partial charge on any atom is 0.573 e. The zero-order chi connectivity index (χ0) is 15.5. The van der Waals surface area contributed by atoms with Gasteiger partial charge in [0.2, 0.25) is 0 Å². The summed E-state index contributed by atoms with van der Waals surface area (Å²) in [6.45, 7) is 0. The van der Waals surface area contributed by atoms with Crippen molar-refractivity contribution in [3.05, 3.63) is 23.0 Å². The molecule has 1 N–H and O–H groups in total. The van der Waals surface area contributed by atoms with Crippen molar-refractivity contribution in [2.45, 2.75) is 24.5 Å². The second-order valence-electron chi connectivity index (χ2n) is 3.53. The Labute approximate surface area is 117 Å². The molecular formula is C10H7BrF5NO3. The normalized spacial score (nSPS) is 11.8. The lowest BCUT2D eigenvalue weighted by atomic mass is 10.1. The molecule has 0 unspecified atom stereocenters. The first-order valence-corrected chi connectivity index (χ1v) is 6.10. The van der Waals surface area contributed by atoms with Gasteiger partial charge in [-0.3, -0.25) is 4.79 Å². The van der Waals surface area contributed by atoms with E-state index in [1.807, 2.05) is 0 Å². The van der Waals surface area contributed by atoms with Crippen molar-refractivity contribution in [3.8, 4) is 5.75 Å². The Morgan fingerprint density at radius 3 is 2.45 bits per heavy atom. The average molecular weight is 364 g/mol. The lowest BCUT2D eigenvalue weighted by molar-refractivity contribution is -0.275. The summed E-state index contributed by atoms with van der Waals surface area (Å²) in [4.78, 5) is 13.9. The molecule has 0 amide bonds. The quantitative estimate of drug-likeness (QED) is 0.643. The molecular weight excluding hydrogens is 357 g/mol. The number of carbonyl (C=O) groups is 1. The molecule has 20 heavy (non-hydrogen) atoms. The van der Waals surface area contributed by atoms with E-state index in [1.54, 1.807) is 0 Å². The van der Waals surface area contributed by atoms with Crippen LogP contribution in [0.25, 0.3) is 0 Å². The lowest BCUT2D eigenvalue weighted by Gasteiger charge is -2.15. The minimum Gasteiger partial charge on any atom is -0.481 e. The maximum atomic E-state index is 12.7. The van der Waals surface area contributed by atoms with Crippen molar-refractivity contribution in [2.24, 2.45) is 0 Å². The summed E-state index contributed by atoms with van der Waals surface area (Å²) in [5.74, 6) is -2.28. The number of halogens is 6. The van der Waals surface area contributed by atoms with Crippen LogP contribution in [0, 0.1) is 0 Å². The molecule has 1 aromatic heterocycles. The number of rotatable bonds is 5. The minimum atomic E-state index is -5.04. The van der Waals surface area contributed by atoms with Crippen LogP contribution in [0.1, 0.15) is 23.4 Å². The number of alkyl halides is 6. The van der Waals surface area contributed by atoms with E-state index in [4.69, 9.17) is 5.11 Å². The molecule has 0 aliphatic rings. The van der Waals surface area contributed by atoms with Crippen LogP contribution in [0.4, 0.5) is 22.0 Å². The Kier molecular flexibility index (Phi) is 5.26. The molecule has 4 nitrogen and oxygen atoms in total. The van der Waals surface area contributed by atoms with Gasteiger partial charge < -0.3 is 9.84 Å². The number of hydrogen-bond donors (Lipinski definition) is 1. The molecule has 0 radical (unpaired) electrons. The van der Waals surface area contributed by atoms with Crippen LogP contribution in [0.5, 0.6) is 5.75 Å². The molecule has 1 rings (SSSR count). The van der Waals surface area contributed by atoms with Crippen molar-refractivity contribution >= 4 is 21.9 Å². The predicted molar refractivity (Wildman–Crippen MR) is 59.8 cm³/mol. The molecule has 0 aliphatic carbocycles. The van der Waals surface area contributed by atoms with Crippen LogP contribution >= 0.6 is 15.9 Å². The number of ether oxygens (including phenoxy) is 1. The third-order valence-corrected chi connectivity index (χ3v) is 2.61. The Morgan fingerprint density at radius 1 is 1.45 bits per heavy atom. The fourth-order valence-electron chi connectivity index (χ4n) is 1.39. The monoisotopic (exact) mass is 363 g/mol. The van der Waals surface area contributed by atoms with Gasteiger partial charge in [0.25, 0.3) is 6.43 Å². The van der Waals surface area contributed by atoms with Gasteiger partial charge in [-0.2, -0.15) is 0 Å². The third-order valence-electron chi connectivity index (χ3n) is 2.07. The Morgan fingerprint density at radius 2 is 2.05 bits per heavy atom. The number of pyridine rings is 1. The van der Waals surface area contributed by atoms with E-state index in [9.17, 15) is 26.7 Å². The minimum absolute atomic E-state index is 0.258. The third kappa shape index (κ3) is 4.58. The summed E-state index contributed by atoms with van der Waals surface area (Å²) in [6, 6.07) is 0.618. The Balaban J connectivity index is 3.33. The molecule has 0 atom stereocenters.